The summed E-state index contributed by atoms with van der Waals surface area (Å²) in [4.78, 5) is 0. The number of nitrogens with two attached hydrogens (primary N) is 1. The van der Waals surface area contributed by atoms with Gasteiger partial charge in [0.1, 0.15) is 0 Å². The van der Waals surface area contributed by atoms with Crippen molar-refractivity contribution in [1.29, 1.82) is 0 Å². The standard InChI is InChI=1S/C12H23N3/c1-9(13)6-7-10-8-15(5)14-11(10)12(2,3)4/h8-9H,6-7,13H2,1-5H3. The van der Waals surface area contributed by atoms with Crippen LogP contribution in [-0.2, 0) is 18.9 Å². The van der Waals surface area contributed by atoms with E-state index in [1.165, 1.54) is 11.3 Å². The van der Waals surface area contributed by atoms with Gasteiger partial charge in [0.2, 0.25) is 0 Å². The maximum atomic E-state index is 5.78. The third-order valence-corrected chi connectivity index (χ3v) is 2.48. The molecule has 0 saturated heterocycles. The number of hydrogen-bond acceptors (Lipinski definition) is 2. The van der Waals surface area contributed by atoms with Gasteiger partial charge in [-0.1, -0.05) is 20.8 Å². The zero-order chi connectivity index (χ0) is 11.6. The van der Waals surface area contributed by atoms with E-state index in [1.807, 2.05) is 18.7 Å². The molecule has 0 radical (unpaired) electrons. The van der Waals surface area contributed by atoms with Gasteiger partial charge in [-0.25, -0.2) is 0 Å². The molecule has 0 amide bonds. The molecule has 0 bridgehead atoms. The van der Waals surface area contributed by atoms with E-state index in [9.17, 15) is 0 Å². The Labute approximate surface area is 92.7 Å². The van der Waals surface area contributed by atoms with Crippen LogP contribution in [0.25, 0.3) is 0 Å². The lowest BCUT2D eigenvalue weighted by molar-refractivity contribution is 0.544. The predicted octanol–water partition coefficient (Wildman–Crippen LogP) is 2.00. The molecule has 1 rings (SSSR count). The summed E-state index contributed by atoms with van der Waals surface area (Å²) in [6.45, 7) is 8.65. The largest absolute Gasteiger partial charge is 0.328 e. The smallest absolute Gasteiger partial charge is 0.0709 e. The van der Waals surface area contributed by atoms with Crippen LogP contribution < -0.4 is 5.73 Å². The van der Waals surface area contributed by atoms with Crippen LogP contribution in [0.3, 0.4) is 0 Å². The van der Waals surface area contributed by atoms with Gasteiger partial charge in [0.15, 0.2) is 0 Å². The highest BCUT2D eigenvalue weighted by Gasteiger charge is 2.21. The van der Waals surface area contributed by atoms with E-state index >= 15 is 0 Å². The van der Waals surface area contributed by atoms with Crippen molar-refractivity contribution in [1.82, 2.24) is 9.78 Å². The first-order valence-electron chi connectivity index (χ1n) is 5.59. The van der Waals surface area contributed by atoms with Crippen molar-refractivity contribution in [3.8, 4) is 0 Å². The van der Waals surface area contributed by atoms with Crippen LogP contribution in [-0.4, -0.2) is 15.8 Å². The van der Waals surface area contributed by atoms with Gasteiger partial charge in [-0.2, -0.15) is 5.10 Å². The number of nitrogens with zero attached hydrogens (tertiary/aromatic N) is 2. The predicted molar refractivity (Wildman–Crippen MR) is 63.9 cm³/mol. The van der Waals surface area contributed by atoms with Gasteiger partial charge in [-0.05, 0) is 25.3 Å². The quantitative estimate of drug-likeness (QED) is 0.827. The van der Waals surface area contributed by atoms with Crippen LogP contribution in [0.5, 0.6) is 0 Å². The van der Waals surface area contributed by atoms with Gasteiger partial charge < -0.3 is 5.73 Å². The number of aryl methyl sites for hydroxylation is 2. The minimum Gasteiger partial charge on any atom is -0.328 e. The van der Waals surface area contributed by atoms with E-state index < -0.39 is 0 Å². The van der Waals surface area contributed by atoms with E-state index in [1.54, 1.807) is 0 Å². The average molecular weight is 209 g/mol. The molecule has 0 saturated carbocycles. The van der Waals surface area contributed by atoms with Crippen LogP contribution >= 0.6 is 0 Å². The Morgan fingerprint density at radius 2 is 2.07 bits per heavy atom. The number of rotatable bonds is 3. The molecule has 0 spiro atoms. The van der Waals surface area contributed by atoms with Gasteiger partial charge in [-0.3, -0.25) is 4.68 Å². The summed E-state index contributed by atoms with van der Waals surface area (Å²) in [7, 11) is 1.98. The molecule has 1 unspecified atom stereocenters. The van der Waals surface area contributed by atoms with Crippen LogP contribution in [0, 0.1) is 0 Å². The molecular formula is C12H23N3. The fraction of sp³-hybridized carbons (Fsp3) is 0.750. The summed E-state index contributed by atoms with van der Waals surface area (Å²) in [6, 6.07) is 0.262. The lowest BCUT2D eigenvalue weighted by Gasteiger charge is -2.17. The van der Waals surface area contributed by atoms with Crippen molar-refractivity contribution in [2.24, 2.45) is 12.8 Å². The number of hydrogen-bond donors (Lipinski definition) is 1. The first-order chi connectivity index (χ1) is 6.80. The molecule has 1 aromatic rings. The second-order valence-corrected chi connectivity index (χ2v) is 5.44. The van der Waals surface area contributed by atoms with Gasteiger partial charge >= 0.3 is 0 Å². The summed E-state index contributed by atoms with van der Waals surface area (Å²) in [5.41, 5.74) is 8.43. The van der Waals surface area contributed by atoms with Gasteiger partial charge in [0, 0.05) is 24.7 Å². The Morgan fingerprint density at radius 3 is 2.53 bits per heavy atom. The fourth-order valence-corrected chi connectivity index (χ4v) is 1.74. The zero-order valence-corrected chi connectivity index (χ0v) is 10.5. The topological polar surface area (TPSA) is 43.8 Å². The number of aromatic nitrogens is 2. The molecule has 0 fully saturated rings. The third kappa shape index (κ3) is 3.34. The highest BCUT2D eigenvalue weighted by Crippen LogP contribution is 2.25. The van der Waals surface area contributed by atoms with Crippen molar-refractivity contribution in [3.63, 3.8) is 0 Å². The first-order valence-corrected chi connectivity index (χ1v) is 5.59. The summed E-state index contributed by atoms with van der Waals surface area (Å²) < 4.78 is 1.90. The second-order valence-electron chi connectivity index (χ2n) is 5.44. The van der Waals surface area contributed by atoms with Crippen LogP contribution in [0.2, 0.25) is 0 Å². The summed E-state index contributed by atoms with van der Waals surface area (Å²) >= 11 is 0. The summed E-state index contributed by atoms with van der Waals surface area (Å²) in [5.74, 6) is 0. The van der Waals surface area contributed by atoms with E-state index in [0.717, 1.165) is 12.8 Å². The normalized spacial score (nSPS) is 14.3. The lowest BCUT2D eigenvalue weighted by Crippen LogP contribution is -2.18. The summed E-state index contributed by atoms with van der Waals surface area (Å²) in [6.07, 6.45) is 4.16. The molecule has 2 N–H and O–H groups in total. The lowest BCUT2D eigenvalue weighted by atomic mass is 9.88. The molecule has 3 nitrogen and oxygen atoms in total. The Hall–Kier alpha value is -0.830. The minimum absolute atomic E-state index is 0.119. The molecule has 0 aliphatic heterocycles. The Balaban J connectivity index is 2.87. The molecule has 0 aromatic carbocycles. The van der Waals surface area contributed by atoms with Gasteiger partial charge in [-0.15, -0.1) is 0 Å². The second kappa shape index (κ2) is 4.35. The van der Waals surface area contributed by atoms with E-state index in [2.05, 4.69) is 32.1 Å². The zero-order valence-electron chi connectivity index (χ0n) is 10.5. The Kier molecular flexibility index (Phi) is 3.55. The maximum absolute atomic E-state index is 5.78. The van der Waals surface area contributed by atoms with Crippen LogP contribution in [0.15, 0.2) is 6.20 Å². The fourth-order valence-electron chi connectivity index (χ4n) is 1.74. The Bertz CT molecular complexity index is 318. The average Bonchev–Trinajstić information content (AvgIpc) is 2.42. The first kappa shape index (κ1) is 12.2. The molecule has 1 heterocycles. The van der Waals surface area contributed by atoms with Gasteiger partial charge in [0.05, 0.1) is 5.69 Å². The third-order valence-electron chi connectivity index (χ3n) is 2.48. The highest BCUT2D eigenvalue weighted by molar-refractivity contribution is 5.24. The Morgan fingerprint density at radius 1 is 1.47 bits per heavy atom. The van der Waals surface area contributed by atoms with E-state index in [-0.39, 0.29) is 11.5 Å². The van der Waals surface area contributed by atoms with Gasteiger partial charge in [0.25, 0.3) is 0 Å². The van der Waals surface area contributed by atoms with Crippen LogP contribution in [0.1, 0.15) is 45.4 Å². The van der Waals surface area contributed by atoms with Crippen LogP contribution in [0.4, 0.5) is 0 Å². The molecule has 0 aliphatic rings. The van der Waals surface area contributed by atoms with E-state index in [0.29, 0.717) is 0 Å². The minimum atomic E-state index is 0.119. The summed E-state index contributed by atoms with van der Waals surface area (Å²) in [5, 5.41) is 4.54. The molecule has 0 aliphatic carbocycles. The molecule has 1 atom stereocenters. The molecule has 86 valence electrons. The van der Waals surface area contributed by atoms with E-state index in [4.69, 9.17) is 5.73 Å². The van der Waals surface area contributed by atoms with Crippen molar-refractivity contribution < 1.29 is 0 Å². The molecule has 3 heteroatoms. The highest BCUT2D eigenvalue weighted by atomic mass is 15.3. The maximum Gasteiger partial charge on any atom is 0.0709 e. The monoisotopic (exact) mass is 209 g/mol. The van der Waals surface area contributed by atoms with Crippen molar-refractivity contribution in [2.45, 2.75) is 52.0 Å². The van der Waals surface area contributed by atoms with Crippen molar-refractivity contribution in [2.75, 3.05) is 0 Å². The van der Waals surface area contributed by atoms with Crippen molar-refractivity contribution >= 4 is 0 Å². The molecular weight excluding hydrogens is 186 g/mol. The SMILES string of the molecule is CC(N)CCc1cn(C)nc1C(C)(C)C. The molecule has 1 aromatic heterocycles. The molecule has 15 heavy (non-hydrogen) atoms. The van der Waals surface area contributed by atoms with Crippen molar-refractivity contribution in [3.05, 3.63) is 17.5 Å².